The Kier molecular flexibility index (Phi) is 8.02. The van der Waals surface area contributed by atoms with Crippen LogP contribution in [0.25, 0.3) is 0 Å². The van der Waals surface area contributed by atoms with E-state index < -0.39 is 11.2 Å². The molecular weight excluding hydrogens is 554 g/mol. The maximum absolute atomic E-state index is 13.6. The summed E-state index contributed by atoms with van der Waals surface area (Å²) in [6.45, 7) is 1.74. The van der Waals surface area contributed by atoms with E-state index in [9.17, 15) is 19.5 Å². The molecule has 198 valence electrons. The van der Waals surface area contributed by atoms with Gasteiger partial charge in [-0.2, -0.15) is 0 Å². The summed E-state index contributed by atoms with van der Waals surface area (Å²) in [6.07, 6.45) is 8.12. The van der Waals surface area contributed by atoms with E-state index in [0.717, 1.165) is 15.5 Å². The fourth-order valence-corrected chi connectivity index (χ4v) is 6.65. The Labute approximate surface area is 239 Å². The minimum Gasteiger partial charge on any atom is -0.478 e. The molecule has 2 aliphatic rings. The van der Waals surface area contributed by atoms with E-state index in [1.165, 1.54) is 30.0 Å². The van der Waals surface area contributed by atoms with E-state index in [1.807, 2.05) is 66.8 Å². The Balaban J connectivity index is 1.28. The van der Waals surface area contributed by atoms with E-state index in [-0.39, 0.29) is 39.5 Å². The molecule has 0 spiro atoms. The fraction of sp³-hybridized carbons (Fsp3) is 0.138. The van der Waals surface area contributed by atoms with Crippen molar-refractivity contribution in [2.75, 3.05) is 15.5 Å². The average molecular weight is 578 g/mol. The monoisotopic (exact) mass is 577 g/mol. The number of fused-ring (bicyclic) bond motifs is 2. The molecule has 1 aliphatic carbocycles. The number of carboxylic acid groups (broad SMARTS) is 1. The summed E-state index contributed by atoms with van der Waals surface area (Å²) in [5.41, 5.74) is 1.74. The summed E-state index contributed by atoms with van der Waals surface area (Å²) in [6, 6.07) is 19.0. The Bertz CT molecular complexity index is 1510. The second-order valence-electron chi connectivity index (χ2n) is 8.89. The minimum absolute atomic E-state index is 0.0273. The molecule has 10 heteroatoms. The number of benzene rings is 3. The third-order valence-corrected chi connectivity index (χ3v) is 8.93. The van der Waals surface area contributed by atoms with Gasteiger partial charge in [-0.25, -0.2) is 9.59 Å². The van der Waals surface area contributed by atoms with Gasteiger partial charge in [0.1, 0.15) is 0 Å². The zero-order valence-electron chi connectivity index (χ0n) is 20.7. The number of urea groups is 1. The molecule has 0 fully saturated rings. The van der Waals surface area contributed by atoms with Crippen LogP contribution in [0.1, 0.15) is 17.3 Å². The van der Waals surface area contributed by atoms with Crippen LogP contribution < -0.4 is 15.5 Å². The zero-order valence-corrected chi connectivity index (χ0v) is 23.1. The van der Waals surface area contributed by atoms with Gasteiger partial charge < -0.3 is 15.7 Å². The smallest absolute Gasteiger partial charge is 0.335 e. The summed E-state index contributed by atoms with van der Waals surface area (Å²) >= 11 is 9.21. The number of rotatable bonds is 6. The molecule has 1 heterocycles. The fourth-order valence-electron chi connectivity index (χ4n) is 4.30. The summed E-state index contributed by atoms with van der Waals surface area (Å²) in [5, 5.41) is 14.8. The Hall–Kier alpha value is -3.66. The van der Waals surface area contributed by atoms with Crippen LogP contribution in [0.3, 0.4) is 0 Å². The quantitative estimate of drug-likeness (QED) is 0.269. The Morgan fingerprint density at radius 3 is 2.62 bits per heavy atom. The topological polar surface area (TPSA) is 98.7 Å². The van der Waals surface area contributed by atoms with Crippen molar-refractivity contribution in [2.24, 2.45) is 0 Å². The molecule has 5 rings (SSSR count). The molecule has 3 atom stereocenters. The number of nitrogens with zero attached hydrogens (tertiary/aromatic N) is 1. The van der Waals surface area contributed by atoms with Gasteiger partial charge in [-0.1, -0.05) is 54.1 Å². The van der Waals surface area contributed by atoms with E-state index >= 15 is 0 Å². The average Bonchev–Trinajstić information content (AvgIpc) is 2.92. The van der Waals surface area contributed by atoms with Gasteiger partial charge in [0, 0.05) is 15.5 Å². The first-order chi connectivity index (χ1) is 18.8. The van der Waals surface area contributed by atoms with Crippen molar-refractivity contribution in [3.8, 4) is 0 Å². The van der Waals surface area contributed by atoms with Crippen LogP contribution in [-0.2, 0) is 4.79 Å². The number of aromatic carboxylic acids is 1. The van der Waals surface area contributed by atoms with Crippen molar-refractivity contribution in [3.63, 3.8) is 0 Å². The predicted octanol–water partition coefficient (Wildman–Crippen LogP) is 7.16. The van der Waals surface area contributed by atoms with Crippen molar-refractivity contribution < 1.29 is 19.5 Å². The van der Waals surface area contributed by atoms with Crippen molar-refractivity contribution in [1.29, 1.82) is 0 Å². The second kappa shape index (κ2) is 11.6. The maximum Gasteiger partial charge on any atom is 0.335 e. The van der Waals surface area contributed by atoms with Crippen LogP contribution in [0.5, 0.6) is 0 Å². The molecule has 7 nitrogen and oxygen atoms in total. The van der Waals surface area contributed by atoms with Crippen LogP contribution in [0, 0.1) is 0 Å². The van der Waals surface area contributed by atoms with Crippen molar-refractivity contribution in [2.45, 2.75) is 33.3 Å². The number of carbonyl (C=O) groups excluding carboxylic acids is 2. The van der Waals surface area contributed by atoms with Gasteiger partial charge in [0.2, 0.25) is 5.91 Å². The highest BCUT2D eigenvalue weighted by atomic mass is 35.5. The summed E-state index contributed by atoms with van der Waals surface area (Å²) < 4.78 is 0. The van der Waals surface area contributed by atoms with Gasteiger partial charge in [0.05, 0.1) is 38.5 Å². The first kappa shape index (κ1) is 26.9. The van der Waals surface area contributed by atoms with Gasteiger partial charge in [0.15, 0.2) is 0 Å². The lowest BCUT2D eigenvalue weighted by molar-refractivity contribution is -0.115. The number of hydrogen-bond donors (Lipinski definition) is 3. The summed E-state index contributed by atoms with van der Waals surface area (Å²) in [5.74, 6) is -1.44. The number of allylic oxidation sites excluding steroid dienone is 2. The van der Waals surface area contributed by atoms with Gasteiger partial charge >= 0.3 is 12.0 Å². The third-order valence-electron chi connectivity index (χ3n) is 6.20. The number of anilines is 3. The van der Waals surface area contributed by atoms with E-state index in [2.05, 4.69) is 16.7 Å². The van der Waals surface area contributed by atoms with Crippen molar-refractivity contribution >= 4 is 70.1 Å². The molecule has 3 aromatic rings. The molecule has 3 aromatic carbocycles. The van der Waals surface area contributed by atoms with Gasteiger partial charge in [0.25, 0.3) is 0 Å². The number of para-hydroxylation sites is 1. The molecule has 0 radical (unpaired) electrons. The normalized spacial score (nSPS) is 18.1. The number of nitrogens with one attached hydrogen (secondary N) is 2. The number of amides is 3. The lowest BCUT2D eigenvalue weighted by Gasteiger charge is -2.40. The maximum atomic E-state index is 13.6. The summed E-state index contributed by atoms with van der Waals surface area (Å²) in [7, 11) is 0. The third kappa shape index (κ3) is 6.00. The highest BCUT2D eigenvalue weighted by Crippen LogP contribution is 2.43. The standard InChI is InChI=1S/C29H24ClN3O4S2/c1-17(27(34)32-22-15-18(28(35)36)13-14-21(22)30)38-20-8-6-7-19(16-20)31-29(37)33-23-9-2-4-11-25(23)39-26-12-5-3-10-24(26)33/h2-17,23,25H,1H3,(H,31,37)(H,32,34)(H,35,36). The van der Waals surface area contributed by atoms with E-state index in [1.54, 1.807) is 23.6 Å². The number of carbonyl (C=O) groups is 3. The number of thioether (sulfide) groups is 2. The van der Waals surface area contributed by atoms with Crippen LogP contribution in [-0.4, -0.2) is 39.6 Å². The van der Waals surface area contributed by atoms with E-state index in [0.29, 0.717) is 5.69 Å². The van der Waals surface area contributed by atoms with Crippen molar-refractivity contribution in [1.82, 2.24) is 0 Å². The molecule has 0 saturated heterocycles. The highest BCUT2D eigenvalue weighted by Gasteiger charge is 2.36. The molecule has 0 saturated carbocycles. The lowest BCUT2D eigenvalue weighted by atomic mass is 10.1. The number of hydrogen-bond acceptors (Lipinski definition) is 5. The van der Waals surface area contributed by atoms with Gasteiger partial charge in [-0.05, 0) is 55.5 Å². The highest BCUT2D eigenvalue weighted by molar-refractivity contribution is 8.00. The molecule has 3 amide bonds. The van der Waals surface area contributed by atoms with Crippen molar-refractivity contribution in [3.05, 3.63) is 102 Å². The molecule has 39 heavy (non-hydrogen) atoms. The molecule has 0 aromatic heterocycles. The zero-order chi connectivity index (χ0) is 27.5. The SMILES string of the molecule is CC(Sc1cccc(NC(=O)N2c3ccccc3SC3C=CC=CC32)c1)C(=O)Nc1cc(C(=O)O)ccc1Cl. The molecular formula is C29H24ClN3O4S2. The number of carboxylic acids is 1. The Morgan fingerprint density at radius 1 is 1.00 bits per heavy atom. The minimum atomic E-state index is -1.11. The molecule has 1 aliphatic heterocycles. The van der Waals surface area contributed by atoms with E-state index in [4.69, 9.17) is 11.6 Å². The molecule has 0 bridgehead atoms. The molecule has 3 N–H and O–H groups in total. The first-order valence-corrected chi connectivity index (χ1v) is 14.3. The summed E-state index contributed by atoms with van der Waals surface area (Å²) in [4.78, 5) is 41.3. The lowest BCUT2D eigenvalue weighted by Crippen LogP contribution is -2.49. The van der Waals surface area contributed by atoms with Gasteiger partial charge in [-0.3, -0.25) is 9.69 Å². The predicted molar refractivity (Wildman–Crippen MR) is 158 cm³/mol. The first-order valence-electron chi connectivity index (χ1n) is 12.1. The second-order valence-corrected chi connectivity index (χ2v) is 11.9. The van der Waals surface area contributed by atoms with Crippen LogP contribution in [0.2, 0.25) is 5.02 Å². The van der Waals surface area contributed by atoms with Gasteiger partial charge in [-0.15, -0.1) is 23.5 Å². The van der Waals surface area contributed by atoms with Crippen LogP contribution in [0.15, 0.2) is 101 Å². The molecule has 3 unspecified atom stereocenters. The van der Waals surface area contributed by atoms with Crippen LogP contribution in [0.4, 0.5) is 21.9 Å². The largest absolute Gasteiger partial charge is 0.478 e. The number of halogens is 1. The van der Waals surface area contributed by atoms with Crippen LogP contribution >= 0.6 is 35.1 Å². The Morgan fingerprint density at radius 2 is 1.79 bits per heavy atom.